The molecule has 0 aliphatic carbocycles. The Hall–Kier alpha value is -2.67. The van der Waals surface area contributed by atoms with Crippen LogP contribution in [0.4, 0.5) is 0 Å². The number of hydrogen-bond donors (Lipinski definition) is 2. The van der Waals surface area contributed by atoms with Gasteiger partial charge in [0.05, 0.1) is 12.0 Å². The second-order valence-corrected chi connectivity index (χ2v) is 8.07. The first kappa shape index (κ1) is 23.0. The van der Waals surface area contributed by atoms with Crippen LogP contribution in [0.3, 0.4) is 0 Å². The Morgan fingerprint density at radius 1 is 1.19 bits per heavy atom. The van der Waals surface area contributed by atoms with Gasteiger partial charge in [0.1, 0.15) is 11.4 Å². The molecule has 164 valence electrons. The SMILES string of the molecule is CC(c1ccccc1)N1CCC2(CC1)CC(=O)c1cc(/C=C/C(=O)NO)ccc1O2.Cl. The van der Waals surface area contributed by atoms with E-state index in [2.05, 4.69) is 36.1 Å². The van der Waals surface area contributed by atoms with Gasteiger partial charge in [-0.1, -0.05) is 36.4 Å². The zero-order chi connectivity index (χ0) is 21.1. The molecule has 2 aliphatic heterocycles. The van der Waals surface area contributed by atoms with Gasteiger partial charge in [-0.2, -0.15) is 0 Å². The summed E-state index contributed by atoms with van der Waals surface area (Å²) in [6, 6.07) is 16.1. The number of carbonyl (C=O) groups is 2. The largest absolute Gasteiger partial charge is 0.486 e. The van der Waals surface area contributed by atoms with E-state index in [4.69, 9.17) is 9.94 Å². The summed E-state index contributed by atoms with van der Waals surface area (Å²) in [6.45, 7) is 3.99. The number of Topliss-reactive ketones (excluding diaryl/α,β-unsaturated/α-hetero) is 1. The fourth-order valence-corrected chi connectivity index (χ4v) is 4.36. The van der Waals surface area contributed by atoms with Crippen molar-refractivity contribution in [1.82, 2.24) is 10.4 Å². The minimum atomic E-state index is -0.620. The van der Waals surface area contributed by atoms with Gasteiger partial charge in [-0.25, -0.2) is 5.48 Å². The summed E-state index contributed by atoms with van der Waals surface area (Å²) in [7, 11) is 0. The maximum absolute atomic E-state index is 12.9. The standard InChI is InChI=1S/C24H26N2O4.ClH/c1-17(19-5-3-2-4-6-19)26-13-11-24(12-14-26)16-21(27)20-15-18(7-9-22(20)30-24)8-10-23(28)25-29;/h2-10,15,17,29H,11-14,16H2,1H3,(H,25,28);1H/b10-8+;. The summed E-state index contributed by atoms with van der Waals surface area (Å²) in [5, 5.41) is 8.58. The Morgan fingerprint density at radius 2 is 1.90 bits per heavy atom. The number of rotatable bonds is 4. The summed E-state index contributed by atoms with van der Waals surface area (Å²) >= 11 is 0. The Labute approximate surface area is 188 Å². The van der Waals surface area contributed by atoms with Gasteiger partial charge >= 0.3 is 0 Å². The fraction of sp³-hybridized carbons (Fsp3) is 0.333. The van der Waals surface area contributed by atoms with Gasteiger partial charge in [0.15, 0.2) is 5.78 Å². The molecule has 0 aromatic heterocycles. The smallest absolute Gasteiger partial charge is 0.267 e. The minimum Gasteiger partial charge on any atom is -0.486 e. The van der Waals surface area contributed by atoms with Crippen LogP contribution in [0.5, 0.6) is 5.75 Å². The Kier molecular flexibility index (Phi) is 7.15. The molecule has 2 aliphatic rings. The predicted molar refractivity (Wildman–Crippen MR) is 121 cm³/mol. The first-order valence-electron chi connectivity index (χ1n) is 10.3. The lowest BCUT2D eigenvalue weighted by molar-refractivity contribution is -0.124. The average Bonchev–Trinajstić information content (AvgIpc) is 2.78. The number of carbonyl (C=O) groups excluding carboxylic acids is 2. The van der Waals surface area contributed by atoms with E-state index in [-0.39, 0.29) is 18.2 Å². The molecule has 2 aromatic carbocycles. The highest BCUT2D eigenvalue weighted by atomic mass is 35.5. The van der Waals surface area contributed by atoms with Crippen molar-refractivity contribution in [2.75, 3.05) is 13.1 Å². The molecular weight excluding hydrogens is 416 g/mol. The van der Waals surface area contributed by atoms with Gasteiger partial charge in [-0.05, 0) is 36.3 Å². The highest BCUT2D eigenvalue weighted by molar-refractivity contribution is 6.01. The number of halogens is 1. The van der Waals surface area contributed by atoms with E-state index < -0.39 is 11.5 Å². The number of fused-ring (bicyclic) bond motifs is 1. The molecule has 4 rings (SSSR count). The Balaban J connectivity index is 0.00000272. The van der Waals surface area contributed by atoms with Crippen LogP contribution < -0.4 is 10.2 Å². The second-order valence-electron chi connectivity index (χ2n) is 8.07. The highest BCUT2D eigenvalue weighted by Gasteiger charge is 2.43. The fourth-order valence-electron chi connectivity index (χ4n) is 4.36. The molecule has 1 amide bonds. The van der Waals surface area contributed by atoms with Crippen LogP contribution in [0.2, 0.25) is 0 Å². The Morgan fingerprint density at radius 3 is 2.58 bits per heavy atom. The van der Waals surface area contributed by atoms with Crippen molar-refractivity contribution in [3.8, 4) is 5.75 Å². The molecule has 1 spiro atoms. The quantitative estimate of drug-likeness (QED) is 0.421. The number of ether oxygens (including phenoxy) is 1. The normalized spacial score (nSPS) is 18.7. The van der Waals surface area contributed by atoms with E-state index in [9.17, 15) is 9.59 Å². The van der Waals surface area contributed by atoms with Crippen molar-refractivity contribution in [3.63, 3.8) is 0 Å². The first-order chi connectivity index (χ1) is 14.5. The van der Waals surface area contributed by atoms with Crippen LogP contribution >= 0.6 is 12.4 Å². The third-order valence-corrected chi connectivity index (χ3v) is 6.19. The van der Waals surface area contributed by atoms with Crippen molar-refractivity contribution in [2.24, 2.45) is 0 Å². The summed E-state index contributed by atoms with van der Waals surface area (Å²) in [5.74, 6) is 0.0629. The van der Waals surface area contributed by atoms with Crippen molar-refractivity contribution in [2.45, 2.75) is 37.8 Å². The van der Waals surface area contributed by atoms with E-state index >= 15 is 0 Å². The lowest BCUT2D eigenvalue weighted by Crippen LogP contribution is -2.51. The molecule has 2 aromatic rings. The van der Waals surface area contributed by atoms with E-state index in [1.165, 1.54) is 11.6 Å². The Bertz CT molecular complexity index is 969. The molecular formula is C24H27ClN2O4. The summed E-state index contributed by atoms with van der Waals surface area (Å²) in [4.78, 5) is 26.5. The molecule has 2 N–H and O–H groups in total. The third-order valence-electron chi connectivity index (χ3n) is 6.19. The molecule has 0 radical (unpaired) electrons. The number of hydrogen-bond acceptors (Lipinski definition) is 5. The van der Waals surface area contributed by atoms with Gasteiger partial charge < -0.3 is 4.74 Å². The van der Waals surface area contributed by atoms with Crippen molar-refractivity contribution in [3.05, 3.63) is 71.3 Å². The predicted octanol–water partition coefficient (Wildman–Crippen LogP) is 4.19. The summed E-state index contributed by atoms with van der Waals surface area (Å²) in [6.07, 6.45) is 4.76. The number of likely N-dealkylation sites (tertiary alicyclic amines) is 1. The van der Waals surface area contributed by atoms with Gasteiger partial charge in [-0.3, -0.25) is 19.7 Å². The monoisotopic (exact) mass is 442 g/mol. The molecule has 2 heterocycles. The summed E-state index contributed by atoms with van der Waals surface area (Å²) < 4.78 is 6.38. The minimum absolute atomic E-state index is 0. The van der Waals surface area contributed by atoms with Gasteiger partial charge in [-0.15, -0.1) is 12.4 Å². The molecule has 0 bridgehead atoms. The van der Waals surface area contributed by atoms with Crippen LogP contribution in [-0.4, -0.2) is 40.5 Å². The van der Waals surface area contributed by atoms with Crippen molar-refractivity contribution >= 4 is 30.2 Å². The number of benzene rings is 2. The van der Waals surface area contributed by atoms with E-state index in [0.29, 0.717) is 29.3 Å². The zero-order valence-electron chi connectivity index (χ0n) is 17.4. The summed E-state index contributed by atoms with van der Waals surface area (Å²) in [5.41, 5.74) is 3.66. The number of nitrogens with one attached hydrogen (secondary N) is 1. The topological polar surface area (TPSA) is 78.9 Å². The third kappa shape index (κ3) is 4.98. The maximum atomic E-state index is 12.9. The molecule has 7 heteroatoms. The number of amides is 1. The van der Waals surface area contributed by atoms with E-state index in [0.717, 1.165) is 25.9 Å². The van der Waals surface area contributed by atoms with Crippen molar-refractivity contribution < 1.29 is 19.5 Å². The first-order valence-corrected chi connectivity index (χ1v) is 10.3. The van der Waals surface area contributed by atoms with E-state index in [1.54, 1.807) is 29.8 Å². The number of nitrogens with zero attached hydrogens (tertiary/aromatic N) is 1. The van der Waals surface area contributed by atoms with Gasteiger partial charge in [0.2, 0.25) is 0 Å². The van der Waals surface area contributed by atoms with Crippen LogP contribution in [0.1, 0.15) is 53.7 Å². The average molecular weight is 443 g/mol. The maximum Gasteiger partial charge on any atom is 0.267 e. The van der Waals surface area contributed by atoms with Crippen LogP contribution in [0.15, 0.2) is 54.6 Å². The van der Waals surface area contributed by atoms with Gasteiger partial charge in [0, 0.05) is 38.0 Å². The lowest BCUT2D eigenvalue weighted by Gasteiger charge is -2.45. The molecule has 1 saturated heterocycles. The molecule has 31 heavy (non-hydrogen) atoms. The van der Waals surface area contributed by atoms with Crippen LogP contribution in [-0.2, 0) is 4.79 Å². The number of piperidine rings is 1. The number of hydroxylamine groups is 1. The molecule has 1 unspecified atom stereocenters. The van der Waals surface area contributed by atoms with E-state index in [1.807, 2.05) is 6.07 Å². The van der Waals surface area contributed by atoms with Gasteiger partial charge in [0.25, 0.3) is 5.91 Å². The molecule has 0 saturated carbocycles. The van der Waals surface area contributed by atoms with Crippen LogP contribution in [0, 0.1) is 0 Å². The molecule has 1 fully saturated rings. The van der Waals surface area contributed by atoms with Crippen LogP contribution in [0.25, 0.3) is 6.08 Å². The second kappa shape index (κ2) is 9.64. The highest BCUT2D eigenvalue weighted by Crippen LogP contribution is 2.41. The zero-order valence-corrected chi connectivity index (χ0v) is 18.2. The lowest BCUT2D eigenvalue weighted by atomic mass is 9.81. The van der Waals surface area contributed by atoms with Crippen molar-refractivity contribution in [1.29, 1.82) is 0 Å². The molecule has 6 nitrogen and oxygen atoms in total. The number of ketones is 1. The molecule has 1 atom stereocenters.